The summed E-state index contributed by atoms with van der Waals surface area (Å²) in [4.78, 5) is 11.8. The van der Waals surface area contributed by atoms with Crippen LogP contribution in [0.2, 0.25) is 18.1 Å². The highest BCUT2D eigenvalue weighted by atomic mass is 28.4. The first-order chi connectivity index (χ1) is 11.9. The minimum Gasteiger partial charge on any atom is -0.444 e. The number of nitrogens with one attached hydrogen (secondary N) is 1. The monoisotopic (exact) mass is 405 g/mol. The van der Waals surface area contributed by atoms with Crippen LogP contribution in [0, 0.1) is 0 Å². The van der Waals surface area contributed by atoms with Crippen LogP contribution in [-0.4, -0.2) is 62.4 Å². The van der Waals surface area contributed by atoms with Gasteiger partial charge in [0.25, 0.3) is 0 Å². The maximum Gasteiger partial charge on any atom is 0.407 e. The molecule has 0 unspecified atom stereocenters. The van der Waals surface area contributed by atoms with Gasteiger partial charge < -0.3 is 29.1 Å². The molecule has 2 N–H and O–H groups in total. The van der Waals surface area contributed by atoms with Crippen molar-refractivity contribution in [1.82, 2.24) is 5.32 Å². The summed E-state index contributed by atoms with van der Waals surface area (Å²) in [5.41, 5.74) is -0.594. The predicted molar refractivity (Wildman–Crippen MR) is 107 cm³/mol. The number of carbonyl (C=O) groups is 1. The van der Waals surface area contributed by atoms with Gasteiger partial charge in [-0.3, -0.25) is 0 Å². The van der Waals surface area contributed by atoms with Crippen LogP contribution in [0.15, 0.2) is 0 Å². The second-order valence-electron chi connectivity index (χ2n) is 10.2. The van der Waals surface area contributed by atoms with Crippen LogP contribution in [0.3, 0.4) is 0 Å². The Hall–Kier alpha value is -0.673. The number of aliphatic hydroxyl groups excluding tert-OH is 1. The van der Waals surface area contributed by atoms with Gasteiger partial charge in [0.1, 0.15) is 23.9 Å². The number of aliphatic hydroxyl groups is 1. The third-order valence-electron chi connectivity index (χ3n) is 4.87. The number of ether oxygens (including phenoxy) is 3. The van der Waals surface area contributed by atoms with Crippen LogP contribution in [0.25, 0.3) is 0 Å². The van der Waals surface area contributed by atoms with Crippen LogP contribution in [0.5, 0.6) is 0 Å². The lowest BCUT2D eigenvalue weighted by atomic mass is 10.1. The smallest absolute Gasteiger partial charge is 0.407 e. The summed E-state index contributed by atoms with van der Waals surface area (Å²) < 4.78 is 23.3. The molecule has 160 valence electrons. The van der Waals surface area contributed by atoms with E-state index < -0.39 is 44.1 Å². The van der Waals surface area contributed by atoms with E-state index in [-0.39, 0.29) is 11.6 Å². The largest absolute Gasteiger partial charge is 0.444 e. The van der Waals surface area contributed by atoms with E-state index in [4.69, 9.17) is 18.6 Å². The molecule has 7 nitrogen and oxygen atoms in total. The molecule has 1 aliphatic rings. The second-order valence-corrected chi connectivity index (χ2v) is 15.0. The molecule has 0 aromatic heterocycles. The lowest BCUT2D eigenvalue weighted by Crippen LogP contribution is -2.48. The lowest BCUT2D eigenvalue weighted by Gasteiger charge is -2.37. The lowest BCUT2D eigenvalue weighted by molar-refractivity contribution is -0.156. The first kappa shape index (κ1) is 24.4. The molecule has 1 fully saturated rings. The SMILES string of the molecule is CC(C)(C)OC(=O)NC[C@@H](O)[C@H]1OC(C)(C)O[C@H]1CO[Si](C)(C)C(C)(C)C. The summed E-state index contributed by atoms with van der Waals surface area (Å²) in [5, 5.41) is 13.2. The molecule has 1 amide bonds. The number of rotatable bonds is 6. The average Bonchev–Trinajstić information content (AvgIpc) is 2.75. The van der Waals surface area contributed by atoms with Gasteiger partial charge in [-0.05, 0) is 52.8 Å². The van der Waals surface area contributed by atoms with Crippen molar-refractivity contribution in [1.29, 1.82) is 0 Å². The van der Waals surface area contributed by atoms with E-state index in [1.165, 1.54) is 0 Å². The number of hydrogen-bond donors (Lipinski definition) is 2. The van der Waals surface area contributed by atoms with E-state index in [1.807, 2.05) is 0 Å². The molecular formula is C19H39NO6Si. The van der Waals surface area contributed by atoms with E-state index in [0.717, 1.165) is 0 Å². The maximum atomic E-state index is 11.8. The van der Waals surface area contributed by atoms with Crippen molar-refractivity contribution < 1.29 is 28.5 Å². The Kier molecular flexibility index (Phi) is 7.55. The van der Waals surface area contributed by atoms with Crippen LogP contribution in [-0.2, 0) is 18.6 Å². The molecule has 27 heavy (non-hydrogen) atoms. The van der Waals surface area contributed by atoms with E-state index in [0.29, 0.717) is 6.61 Å². The summed E-state index contributed by atoms with van der Waals surface area (Å²) in [6.45, 7) is 20.2. The highest BCUT2D eigenvalue weighted by molar-refractivity contribution is 6.74. The standard InChI is InChI=1S/C19H39NO6Si/c1-17(2,3)26-16(22)20-11-13(21)15-14(24-19(7,8)25-15)12-23-27(9,10)18(4,5)6/h13-15,21H,11-12H2,1-10H3,(H,20,22)/t13-,14+,15-/m1/s1. The zero-order valence-electron chi connectivity index (χ0n) is 18.6. The Morgan fingerprint density at radius 3 is 2.22 bits per heavy atom. The van der Waals surface area contributed by atoms with Gasteiger partial charge in [0.05, 0.1) is 6.61 Å². The van der Waals surface area contributed by atoms with Gasteiger partial charge >= 0.3 is 6.09 Å². The third-order valence-corrected chi connectivity index (χ3v) is 9.37. The summed E-state index contributed by atoms with van der Waals surface area (Å²) in [6.07, 6.45) is -2.52. The van der Waals surface area contributed by atoms with Gasteiger partial charge in [0, 0.05) is 6.54 Å². The summed E-state index contributed by atoms with van der Waals surface area (Å²) >= 11 is 0. The minimum atomic E-state index is -1.95. The molecule has 1 saturated heterocycles. The van der Waals surface area contributed by atoms with Crippen molar-refractivity contribution in [3.05, 3.63) is 0 Å². The van der Waals surface area contributed by atoms with Crippen molar-refractivity contribution >= 4 is 14.4 Å². The Morgan fingerprint density at radius 2 is 1.74 bits per heavy atom. The molecule has 3 atom stereocenters. The molecule has 0 bridgehead atoms. The summed E-state index contributed by atoms with van der Waals surface area (Å²) in [7, 11) is -1.95. The van der Waals surface area contributed by atoms with Crippen molar-refractivity contribution in [2.24, 2.45) is 0 Å². The molecule has 1 aliphatic heterocycles. The van der Waals surface area contributed by atoms with Gasteiger partial charge in [-0.2, -0.15) is 0 Å². The summed E-state index contributed by atoms with van der Waals surface area (Å²) in [5.74, 6) is -0.820. The molecule has 0 aromatic rings. The van der Waals surface area contributed by atoms with Gasteiger partial charge in [-0.1, -0.05) is 20.8 Å². The van der Waals surface area contributed by atoms with Gasteiger partial charge in [-0.25, -0.2) is 4.79 Å². The molecule has 0 saturated carbocycles. The molecule has 0 aromatic carbocycles. The average molecular weight is 406 g/mol. The van der Waals surface area contributed by atoms with Crippen LogP contribution >= 0.6 is 0 Å². The second kappa shape index (κ2) is 8.37. The first-order valence-corrected chi connectivity index (χ1v) is 12.5. The van der Waals surface area contributed by atoms with E-state index in [2.05, 4.69) is 39.2 Å². The zero-order valence-corrected chi connectivity index (χ0v) is 19.6. The molecule has 0 aliphatic carbocycles. The number of carbonyl (C=O) groups excluding carboxylic acids is 1. The summed E-state index contributed by atoms with van der Waals surface area (Å²) in [6, 6.07) is 0. The third kappa shape index (κ3) is 7.69. The molecule has 8 heteroatoms. The van der Waals surface area contributed by atoms with Gasteiger partial charge in [0.2, 0.25) is 0 Å². The minimum absolute atomic E-state index is 0.00954. The fourth-order valence-corrected chi connectivity index (χ4v) is 3.46. The fraction of sp³-hybridized carbons (Fsp3) is 0.947. The number of amides is 1. The highest BCUT2D eigenvalue weighted by Crippen LogP contribution is 2.38. The van der Waals surface area contributed by atoms with E-state index in [9.17, 15) is 9.90 Å². The number of hydrogen-bond acceptors (Lipinski definition) is 6. The zero-order chi connectivity index (χ0) is 21.3. The molecule has 1 heterocycles. The van der Waals surface area contributed by atoms with Gasteiger partial charge in [0.15, 0.2) is 14.1 Å². The Balaban J connectivity index is 2.68. The van der Waals surface area contributed by atoms with E-state index in [1.54, 1.807) is 34.6 Å². The van der Waals surface area contributed by atoms with Crippen LogP contribution in [0.1, 0.15) is 55.4 Å². The van der Waals surface area contributed by atoms with Gasteiger partial charge in [-0.15, -0.1) is 0 Å². The quantitative estimate of drug-likeness (QED) is 0.659. The van der Waals surface area contributed by atoms with Crippen molar-refractivity contribution in [3.63, 3.8) is 0 Å². The van der Waals surface area contributed by atoms with Crippen LogP contribution in [0.4, 0.5) is 4.79 Å². The molecule has 1 rings (SSSR count). The van der Waals surface area contributed by atoms with Crippen LogP contribution < -0.4 is 5.32 Å². The molecule has 0 radical (unpaired) electrons. The molecular weight excluding hydrogens is 366 g/mol. The van der Waals surface area contributed by atoms with Crippen molar-refractivity contribution in [3.8, 4) is 0 Å². The van der Waals surface area contributed by atoms with Crippen molar-refractivity contribution in [2.75, 3.05) is 13.2 Å². The van der Waals surface area contributed by atoms with E-state index >= 15 is 0 Å². The normalized spacial score (nSPS) is 24.6. The predicted octanol–water partition coefficient (Wildman–Crippen LogP) is 3.41. The maximum absolute atomic E-state index is 11.8. The highest BCUT2D eigenvalue weighted by Gasteiger charge is 2.46. The fourth-order valence-electron chi connectivity index (χ4n) is 2.44. The Labute approximate surface area is 165 Å². The molecule has 0 spiro atoms. The first-order valence-electron chi connectivity index (χ1n) is 9.58. The number of alkyl carbamates (subject to hydrolysis) is 1. The topological polar surface area (TPSA) is 86.3 Å². The van der Waals surface area contributed by atoms with Crippen molar-refractivity contribution in [2.45, 2.75) is 103 Å². The Morgan fingerprint density at radius 1 is 1.19 bits per heavy atom. The Bertz CT molecular complexity index is 509.